The predicted octanol–water partition coefficient (Wildman–Crippen LogP) is 5.37. The zero-order valence-corrected chi connectivity index (χ0v) is 14.3. The third-order valence-electron chi connectivity index (χ3n) is 6.51. The minimum Gasteiger partial charge on any atom is -0.481 e. The van der Waals surface area contributed by atoms with Crippen LogP contribution in [0, 0.1) is 22.7 Å². The normalized spacial score (nSPS) is 39.2. The van der Waals surface area contributed by atoms with Gasteiger partial charge in [0.1, 0.15) is 0 Å². The number of allylic oxidation sites excluding steroid dienone is 4. The molecule has 0 unspecified atom stereocenters. The van der Waals surface area contributed by atoms with Crippen LogP contribution < -0.4 is 0 Å². The fraction of sp³-hybridized carbons (Fsp3) is 0.650. The highest BCUT2D eigenvalue weighted by atomic mass is 16.4. The van der Waals surface area contributed by atoms with Crippen LogP contribution in [0.3, 0.4) is 0 Å². The lowest BCUT2D eigenvalue weighted by atomic mass is 9.46. The molecule has 4 atom stereocenters. The molecule has 2 aliphatic carbocycles. The van der Waals surface area contributed by atoms with Gasteiger partial charge in [0.05, 0.1) is 5.41 Å². The highest BCUT2D eigenvalue weighted by molar-refractivity contribution is 5.75. The van der Waals surface area contributed by atoms with E-state index in [0.29, 0.717) is 5.92 Å². The van der Waals surface area contributed by atoms with E-state index in [4.69, 9.17) is 0 Å². The molecule has 0 amide bonds. The largest absolute Gasteiger partial charge is 0.481 e. The second-order valence-electron chi connectivity index (χ2n) is 7.77. The Morgan fingerprint density at radius 2 is 2.09 bits per heavy atom. The molecular weight excluding hydrogens is 272 g/mol. The summed E-state index contributed by atoms with van der Waals surface area (Å²) in [7, 11) is 0. The van der Waals surface area contributed by atoms with Crippen molar-refractivity contribution in [3.8, 4) is 0 Å². The quantitative estimate of drug-likeness (QED) is 0.559. The van der Waals surface area contributed by atoms with Crippen LogP contribution in [-0.2, 0) is 4.79 Å². The number of hydrogen-bond acceptors (Lipinski definition) is 1. The number of carbonyl (C=O) groups is 1. The Morgan fingerprint density at radius 3 is 2.68 bits per heavy atom. The minimum atomic E-state index is -0.618. The van der Waals surface area contributed by atoms with Crippen molar-refractivity contribution >= 4 is 5.97 Å². The first-order valence-electron chi connectivity index (χ1n) is 8.46. The van der Waals surface area contributed by atoms with Crippen molar-refractivity contribution in [2.75, 3.05) is 0 Å². The smallest absolute Gasteiger partial charge is 0.309 e. The molecule has 2 fully saturated rings. The van der Waals surface area contributed by atoms with E-state index in [9.17, 15) is 9.90 Å². The standard InChI is InChI=1S/C20H30O2/c1-6-14(2)8-10-16-15(3)9-11-17-19(16,4)12-7-13-20(17,5)18(21)22/h6,8,16-17H,1,3,7,9-13H2,2,4-5H3,(H,21,22)/b14-8+/t16-,17+,19-,20-/m0/s1. The van der Waals surface area contributed by atoms with Crippen LogP contribution in [0.5, 0.6) is 0 Å². The maximum atomic E-state index is 11.9. The van der Waals surface area contributed by atoms with Gasteiger partial charge in [-0.15, -0.1) is 0 Å². The summed E-state index contributed by atoms with van der Waals surface area (Å²) in [5.41, 5.74) is 1.97. The molecule has 0 spiro atoms. The molecule has 22 heavy (non-hydrogen) atoms. The van der Waals surface area contributed by atoms with E-state index in [1.54, 1.807) is 0 Å². The Hall–Kier alpha value is -1.31. The van der Waals surface area contributed by atoms with Gasteiger partial charge in [0, 0.05) is 0 Å². The summed E-state index contributed by atoms with van der Waals surface area (Å²) >= 11 is 0. The molecule has 0 saturated heterocycles. The Labute approximate surface area is 135 Å². The summed E-state index contributed by atoms with van der Waals surface area (Å²) in [6, 6.07) is 0. The third kappa shape index (κ3) is 2.68. The first-order valence-corrected chi connectivity index (χ1v) is 8.46. The van der Waals surface area contributed by atoms with Crippen LogP contribution in [0.15, 0.2) is 36.5 Å². The van der Waals surface area contributed by atoms with Crippen LogP contribution in [0.4, 0.5) is 0 Å². The number of carboxylic acids is 1. The fourth-order valence-corrected chi connectivity index (χ4v) is 5.03. The summed E-state index contributed by atoms with van der Waals surface area (Å²) < 4.78 is 0. The zero-order chi connectivity index (χ0) is 16.5. The van der Waals surface area contributed by atoms with Gasteiger partial charge in [-0.05, 0) is 63.2 Å². The third-order valence-corrected chi connectivity index (χ3v) is 6.51. The number of fused-ring (bicyclic) bond motifs is 1. The van der Waals surface area contributed by atoms with Gasteiger partial charge in [-0.3, -0.25) is 4.79 Å². The first-order chi connectivity index (χ1) is 10.3. The van der Waals surface area contributed by atoms with Gasteiger partial charge in [-0.1, -0.05) is 49.8 Å². The van der Waals surface area contributed by atoms with Crippen LogP contribution >= 0.6 is 0 Å². The second-order valence-corrected chi connectivity index (χ2v) is 7.77. The Balaban J connectivity index is 2.36. The summed E-state index contributed by atoms with van der Waals surface area (Å²) in [5, 5.41) is 9.81. The molecule has 2 nitrogen and oxygen atoms in total. The lowest BCUT2D eigenvalue weighted by Crippen LogP contribution is -2.53. The minimum absolute atomic E-state index is 0.0542. The highest BCUT2D eigenvalue weighted by Gasteiger charge is 2.57. The SMILES string of the molecule is C=C/C(C)=C/C[C@H]1C(=C)CC[C@@H]2[C@@]1(C)CCC[C@]2(C)C(=O)O. The zero-order valence-electron chi connectivity index (χ0n) is 14.3. The van der Waals surface area contributed by atoms with Crippen molar-refractivity contribution in [3.05, 3.63) is 36.5 Å². The van der Waals surface area contributed by atoms with Gasteiger partial charge in [0.2, 0.25) is 0 Å². The van der Waals surface area contributed by atoms with Crippen molar-refractivity contribution in [1.82, 2.24) is 0 Å². The Morgan fingerprint density at radius 1 is 1.41 bits per heavy atom. The number of carboxylic acid groups (broad SMARTS) is 1. The Bertz CT molecular complexity index is 516. The number of hydrogen-bond donors (Lipinski definition) is 1. The summed E-state index contributed by atoms with van der Waals surface area (Å²) in [4.78, 5) is 11.9. The molecule has 0 bridgehead atoms. The van der Waals surface area contributed by atoms with E-state index in [1.807, 2.05) is 13.0 Å². The fourth-order valence-electron chi connectivity index (χ4n) is 5.03. The van der Waals surface area contributed by atoms with E-state index in [-0.39, 0.29) is 11.3 Å². The van der Waals surface area contributed by atoms with Crippen molar-refractivity contribution in [3.63, 3.8) is 0 Å². The van der Waals surface area contributed by atoms with Crippen LogP contribution in [0.25, 0.3) is 0 Å². The maximum Gasteiger partial charge on any atom is 0.309 e. The topological polar surface area (TPSA) is 37.3 Å². The monoisotopic (exact) mass is 302 g/mol. The van der Waals surface area contributed by atoms with E-state index in [0.717, 1.165) is 38.5 Å². The lowest BCUT2D eigenvalue weighted by molar-refractivity contribution is -0.164. The van der Waals surface area contributed by atoms with Gasteiger partial charge in [0.15, 0.2) is 0 Å². The molecule has 0 radical (unpaired) electrons. The molecule has 0 heterocycles. The molecule has 1 N–H and O–H groups in total. The van der Waals surface area contributed by atoms with Gasteiger partial charge < -0.3 is 5.11 Å². The van der Waals surface area contributed by atoms with Crippen molar-refractivity contribution in [2.45, 2.75) is 59.3 Å². The van der Waals surface area contributed by atoms with Gasteiger partial charge >= 0.3 is 5.97 Å². The molecule has 2 rings (SSSR count). The molecule has 2 heteroatoms. The molecule has 2 saturated carbocycles. The predicted molar refractivity (Wildman–Crippen MR) is 91.6 cm³/mol. The van der Waals surface area contributed by atoms with Gasteiger partial charge in [0.25, 0.3) is 0 Å². The molecule has 2 aliphatic rings. The van der Waals surface area contributed by atoms with Gasteiger partial charge in [-0.2, -0.15) is 0 Å². The molecule has 0 aromatic heterocycles. The van der Waals surface area contributed by atoms with Crippen molar-refractivity contribution in [2.24, 2.45) is 22.7 Å². The van der Waals surface area contributed by atoms with Crippen LogP contribution in [0.1, 0.15) is 59.3 Å². The summed E-state index contributed by atoms with van der Waals surface area (Å²) in [5.74, 6) is 0.0202. The number of aliphatic carboxylic acids is 1. The Kier molecular flexibility index (Phi) is 4.70. The summed E-state index contributed by atoms with van der Waals surface area (Å²) in [6.45, 7) is 14.5. The number of rotatable bonds is 4. The molecule has 0 aromatic carbocycles. The van der Waals surface area contributed by atoms with E-state index >= 15 is 0 Å². The maximum absolute atomic E-state index is 11.9. The first kappa shape index (κ1) is 17.1. The van der Waals surface area contributed by atoms with Crippen LogP contribution in [0.2, 0.25) is 0 Å². The molecule has 122 valence electrons. The van der Waals surface area contributed by atoms with Crippen LogP contribution in [-0.4, -0.2) is 11.1 Å². The molecule has 0 aliphatic heterocycles. The van der Waals surface area contributed by atoms with E-state index in [1.165, 1.54) is 11.1 Å². The van der Waals surface area contributed by atoms with Gasteiger partial charge in [-0.25, -0.2) is 0 Å². The molecular formula is C20H30O2. The average Bonchev–Trinajstić information content (AvgIpc) is 2.45. The summed E-state index contributed by atoms with van der Waals surface area (Å²) in [6.07, 6.45) is 9.95. The van der Waals surface area contributed by atoms with Crippen molar-refractivity contribution < 1.29 is 9.90 Å². The van der Waals surface area contributed by atoms with Crippen molar-refractivity contribution in [1.29, 1.82) is 0 Å². The van der Waals surface area contributed by atoms with E-state index in [2.05, 4.69) is 33.1 Å². The highest BCUT2D eigenvalue weighted by Crippen LogP contribution is 2.61. The molecule has 0 aromatic rings. The van der Waals surface area contributed by atoms with E-state index < -0.39 is 11.4 Å². The second kappa shape index (κ2) is 6.06. The lowest BCUT2D eigenvalue weighted by Gasteiger charge is -2.57. The average molecular weight is 302 g/mol.